The minimum Gasteiger partial charge on any atom is -0.375 e. The molecule has 0 atom stereocenters. The number of anilines is 1. The van der Waals surface area contributed by atoms with E-state index in [0.717, 1.165) is 22.5 Å². The van der Waals surface area contributed by atoms with Gasteiger partial charge in [0.1, 0.15) is 5.82 Å². The summed E-state index contributed by atoms with van der Waals surface area (Å²) in [4.78, 5) is 4.61. The van der Waals surface area contributed by atoms with Crippen LogP contribution in [0.2, 0.25) is 0 Å². The van der Waals surface area contributed by atoms with Crippen molar-refractivity contribution in [1.82, 2.24) is 19.3 Å². The SMILES string of the molecule is Cn1cc(NCc2nc3ccccc3n2C)cn1. The predicted molar refractivity (Wildman–Crippen MR) is 71.2 cm³/mol. The summed E-state index contributed by atoms with van der Waals surface area (Å²) >= 11 is 0. The average molecular weight is 241 g/mol. The number of hydrogen-bond donors (Lipinski definition) is 1. The molecule has 1 aromatic carbocycles. The van der Waals surface area contributed by atoms with Crippen molar-refractivity contribution < 1.29 is 0 Å². The number of fused-ring (bicyclic) bond motifs is 1. The summed E-state index contributed by atoms with van der Waals surface area (Å²) in [6.07, 6.45) is 3.76. The third kappa shape index (κ3) is 1.84. The van der Waals surface area contributed by atoms with E-state index in [4.69, 9.17) is 0 Å². The molecule has 3 rings (SSSR count). The summed E-state index contributed by atoms with van der Waals surface area (Å²) in [6, 6.07) is 8.15. The van der Waals surface area contributed by atoms with Crippen LogP contribution in [0.5, 0.6) is 0 Å². The van der Waals surface area contributed by atoms with Gasteiger partial charge in [-0.25, -0.2) is 4.98 Å². The second-order valence-electron chi connectivity index (χ2n) is 4.33. The van der Waals surface area contributed by atoms with E-state index in [9.17, 15) is 0 Å². The van der Waals surface area contributed by atoms with Gasteiger partial charge in [-0.2, -0.15) is 5.10 Å². The van der Waals surface area contributed by atoms with Gasteiger partial charge < -0.3 is 9.88 Å². The molecule has 0 saturated heterocycles. The number of para-hydroxylation sites is 2. The van der Waals surface area contributed by atoms with Crippen molar-refractivity contribution in [2.45, 2.75) is 6.54 Å². The molecule has 1 N–H and O–H groups in total. The zero-order valence-corrected chi connectivity index (χ0v) is 10.5. The lowest BCUT2D eigenvalue weighted by Gasteiger charge is -2.03. The molecule has 5 heteroatoms. The van der Waals surface area contributed by atoms with Crippen LogP contribution >= 0.6 is 0 Å². The number of hydrogen-bond acceptors (Lipinski definition) is 3. The topological polar surface area (TPSA) is 47.7 Å². The summed E-state index contributed by atoms with van der Waals surface area (Å²) in [7, 11) is 3.94. The van der Waals surface area contributed by atoms with Crippen LogP contribution in [0, 0.1) is 0 Å². The van der Waals surface area contributed by atoms with Gasteiger partial charge in [-0.05, 0) is 12.1 Å². The number of aryl methyl sites for hydroxylation is 2. The molecule has 2 heterocycles. The molecular weight excluding hydrogens is 226 g/mol. The summed E-state index contributed by atoms with van der Waals surface area (Å²) < 4.78 is 3.88. The highest BCUT2D eigenvalue weighted by Gasteiger charge is 2.06. The number of nitrogens with zero attached hydrogens (tertiary/aromatic N) is 4. The molecule has 5 nitrogen and oxygen atoms in total. The lowest BCUT2D eigenvalue weighted by molar-refractivity contribution is 0.767. The van der Waals surface area contributed by atoms with Crippen molar-refractivity contribution in [3.05, 3.63) is 42.5 Å². The largest absolute Gasteiger partial charge is 0.375 e. The zero-order valence-electron chi connectivity index (χ0n) is 10.5. The number of aromatic nitrogens is 4. The lowest BCUT2D eigenvalue weighted by atomic mass is 10.3. The number of imidazole rings is 1. The highest BCUT2D eigenvalue weighted by molar-refractivity contribution is 5.75. The maximum atomic E-state index is 4.61. The van der Waals surface area contributed by atoms with Crippen molar-refractivity contribution in [2.24, 2.45) is 14.1 Å². The number of benzene rings is 1. The first-order valence-corrected chi connectivity index (χ1v) is 5.87. The van der Waals surface area contributed by atoms with Crippen LogP contribution in [0.3, 0.4) is 0 Å². The summed E-state index contributed by atoms with van der Waals surface area (Å²) in [5.74, 6) is 1.01. The van der Waals surface area contributed by atoms with Crippen molar-refractivity contribution in [1.29, 1.82) is 0 Å². The molecule has 0 bridgehead atoms. The Hall–Kier alpha value is -2.30. The summed E-state index contributed by atoms with van der Waals surface area (Å²) in [5, 5.41) is 7.44. The first kappa shape index (κ1) is 10.8. The Balaban J connectivity index is 1.84. The molecule has 0 aliphatic heterocycles. The molecule has 0 saturated carbocycles. The van der Waals surface area contributed by atoms with E-state index in [1.54, 1.807) is 4.68 Å². The second kappa shape index (κ2) is 4.18. The predicted octanol–water partition coefficient (Wildman–Crippen LogP) is 1.92. The third-order valence-corrected chi connectivity index (χ3v) is 3.04. The van der Waals surface area contributed by atoms with Gasteiger partial charge in [0.25, 0.3) is 0 Å². The van der Waals surface area contributed by atoms with Crippen molar-refractivity contribution in [3.63, 3.8) is 0 Å². The van der Waals surface area contributed by atoms with Crippen molar-refractivity contribution in [3.8, 4) is 0 Å². The molecule has 0 spiro atoms. The van der Waals surface area contributed by atoms with Gasteiger partial charge in [0.15, 0.2) is 0 Å². The monoisotopic (exact) mass is 241 g/mol. The average Bonchev–Trinajstić information content (AvgIpc) is 2.92. The van der Waals surface area contributed by atoms with Crippen LogP contribution in [0.15, 0.2) is 36.7 Å². The van der Waals surface area contributed by atoms with E-state index in [-0.39, 0.29) is 0 Å². The van der Waals surface area contributed by atoms with E-state index in [1.807, 2.05) is 44.7 Å². The normalized spacial score (nSPS) is 11.0. The molecule has 3 aromatic rings. The molecule has 0 radical (unpaired) electrons. The standard InChI is InChI=1S/C13H15N5/c1-17-9-10(7-15-17)14-8-13-16-11-5-3-4-6-12(11)18(13)2/h3-7,9,14H,8H2,1-2H3. The Morgan fingerprint density at radius 3 is 2.78 bits per heavy atom. The van der Waals surface area contributed by atoms with Crippen LogP contribution in [0.25, 0.3) is 11.0 Å². The van der Waals surface area contributed by atoms with Crippen molar-refractivity contribution >= 4 is 16.7 Å². The maximum Gasteiger partial charge on any atom is 0.128 e. The van der Waals surface area contributed by atoms with Gasteiger partial charge >= 0.3 is 0 Å². The van der Waals surface area contributed by atoms with Gasteiger partial charge in [0.2, 0.25) is 0 Å². The molecule has 2 aromatic heterocycles. The van der Waals surface area contributed by atoms with Crippen LogP contribution < -0.4 is 5.32 Å². The van der Waals surface area contributed by atoms with Gasteiger partial charge in [-0.15, -0.1) is 0 Å². The molecule has 0 unspecified atom stereocenters. The Morgan fingerprint density at radius 2 is 2.06 bits per heavy atom. The Morgan fingerprint density at radius 1 is 1.22 bits per heavy atom. The first-order valence-electron chi connectivity index (χ1n) is 5.87. The van der Waals surface area contributed by atoms with Gasteiger partial charge in [0.05, 0.1) is 29.5 Å². The number of nitrogens with one attached hydrogen (secondary N) is 1. The summed E-state index contributed by atoms with van der Waals surface area (Å²) in [5.41, 5.74) is 3.19. The lowest BCUT2D eigenvalue weighted by Crippen LogP contribution is -2.05. The molecule has 0 amide bonds. The fraction of sp³-hybridized carbons (Fsp3) is 0.231. The molecule has 0 aliphatic rings. The van der Waals surface area contributed by atoms with E-state index < -0.39 is 0 Å². The second-order valence-corrected chi connectivity index (χ2v) is 4.33. The van der Waals surface area contributed by atoms with Crippen LogP contribution in [0.1, 0.15) is 5.82 Å². The van der Waals surface area contributed by atoms with Crippen LogP contribution in [0.4, 0.5) is 5.69 Å². The quantitative estimate of drug-likeness (QED) is 0.762. The maximum absolute atomic E-state index is 4.61. The highest BCUT2D eigenvalue weighted by atomic mass is 15.3. The van der Waals surface area contributed by atoms with E-state index in [2.05, 4.69) is 26.0 Å². The molecule has 0 aliphatic carbocycles. The fourth-order valence-electron chi connectivity index (χ4n) is 2.05. The van der Waals surface area contributed by atoms with Gasteiger partial charge in [0, 0.05) is 20.3 Å². The minimum absolute atomic E-state index is 0.691. The highest BCUT2D eigenvalue weighted by Crippen LogP contribution is 2.15. The first-order chi connectivity index (χ1) is 8.74. The minimum atomic E-state index is 0.691. The van der Waals surface area contributed by atoms with Crippen molar-refractivity contribution in [2.75, 3.05) is 5.32 Å². The Bertz CT molecular complexity index is 680. The third-order valence-electron chi connectivity index (χ3n) is 3.04. The van der Waals surface area contributed by atoms with Gasteiger partial charge in [-0.1, -0.05) is 12.1 Å². The van der Waals surface area contributed by atoms with E-state index in [0.29, 0.717) is 6.54 Å². The molecular formula is C13H15N5. The van der Waals surface area contributed by atoms with Crippen LogP contribution in [-0.4, -0.2) is 19.3 Å². The van der Waals surface area contributed by atoms with Gasteiger partial charge in [-0.3, -0.25) is 4.68 Å². The molecule has 18 heavy (non-hydrogen) atoms. The Kier molecular flexibility index (Phi) is 2.51. The Labute approximate surface area is 105 Å². The van der Waals surface area contributed by atoms with Crippen LogP contribution in [-0.2, 0) is 20.6 Å². The smallest absolute Gasteiger partial charge is 0.128 e. The van der Waals surface area contributed by atoms with E-state index >= 15 is 0 Å². The number of rotatable bonds is 3. The zero-order chi connectivity index (χ0) is 12.5. The van der Waals surface area contributed by atoms with E-state index in [1.165, 1.54) is 0 Å². The fourth-order valence-corrected chi connectivity index (χ4v) is 2.05. The molecule has 0 fully saturated rings. The summed E-state index contributed by atoms with van der Waals surface area (Å²) in [6.45, 7) is 0.691. The molecule has 92 valence electrons.